The molecule has 7 rings (SSSR count). The van der Waals surface area contributed by atoms with Gasteiger partial charge >= 0.3 is 0 Å². The average molecular weight is 456 g/mol. The van der Waals surface area contributed by atoms with E-state index in [4.69, 9.17) is 14.2 Å². The van der Waals surface area contributed by atoms with Crippen molar-refractivity contribution >= 4 is 5.91 Å². The Balaban J connectivity index is 1.16. The second-order valence-corrected chi connectivity index (χ2v) is 10.6. The molecule has 2 bridgehead atoms. The fourth-order valence-corrected chi connectivity index (χ4v) is 6.94. The van der Waals surface area contributed by atoms with Crippen LogP contribution in [0.1, 0.15) is 66.4 Å². The minimum Gasteiger partial charge on any atom is -0.497 e. The van der Waals surface area contributed by atoms with Gasteiger partial charge in [-0.3, -0.25) is 4.79 Å². The number of carbonyl (C=O) groups excluding carboxylic acids is 1. The van der Waals surface area contributed by atoms with E-state index >= 15 is 0 Å². The number of benzene rings is 2. The molecule has 3 aromatic rings. The maximum Gasteiger partial charge on any atom is 0.230 e. The van der Waals surface area contributed by atoms with Gasteiger partial charge in [0.1, 0.15) is 5.75 Å². The first kappa shape index (κ1) is 20.2. The number of fused-ring (bicyclic) bond motifs is 3. The molecule has 6 nitrogen and oxygen atoms in total. The van der Waals surface area contributed by atoms with Gasteiger partial charge in [0, 0.05) is 13.1 Å². The van der Waals surface area contributed by atoms with Crippen molar-refractivity contribution in [1.82, 2.24) is 15.0 Å². The molecular formula is C28H29N3O3. The molecule has 3 fully saturated rings. The summed E-state index contributed by atoms with van der Waals surface area (Å²) in [5.41, 5.74) is 3.58. The lowest BCUT2D eigenvalue weighted by atomic mass is 9.78. The highest BCUT2D eigenvalue weighted by Crippen LogP contribution is 2.58. The standard InChI is InChI=1S/C28H29N3O3/c1-33-22-10-8-21(9-11-22)28(12-13-28)27-29-25(34-30-27)23-17-6-7-18(14-17)24(23)26(32)31-15-19-4-2-3-5-20(19)16-31/h2-5,8-11,17-18,23-24H,6-7,12-16H2,1H3/t17-,18+,23+,24+/m1/s1. The van der Waals surface area contributed by atoms with Crippen LogP contribution in [0, 0.1) is 17.8 Å². The SMILES string of the molecule is COc1ccc(C2(c3noc([C@H]4[C@@H]5CC[C@@H](C5)[C@@H]4C(=O)N4Cc5ccccc5C4)n3)CC2)cc1. The lowest BCUT2D eigenvalue weighted by molar-refractivity contribution is -0.138. The second kappa shape index (κ2) is 7.42. The van der Waals surface area contributed by atoms with Crippen LogP contribution in [0.3, 0.4) is 0 Å². The Morgan fingerprint density at radius 1 is 1.03 bits per heavy atom. The van der Waals surface area contributed by atoms with Gasteiger partial charge in [-0.2, -0.15) is 4.98 Å². The van der Waals surface area contributed by atoms with Crippen molar-refractivity contribution in [2.24, 2.45) is 17.8 Å². The van der Waals surface area contributed by atoms with Crippen molar-refractivity contribution in [2.75, 3.05) is 7.11 Å². The van der Waals surface area contributed by atoms with E-state index in [0.717, 1.165) is 43.7 Å². The Hall–Kier alpha value is -3.15. The molecule has 0 radical (unpaired) electrons. The van der Waals surface area contributed by atoms with Gasteiger partial charge in [0.05, 0.1) is 24.4 Å². The highest BCUT2D eigenvalue weighted by Gasteiger charge is 2.56. The number of hydrogen-bond donors (Lipinski definition) is 0. The number of aromatic nitrogens is 2. The van der Waals surface area contributed by atoms with Crippen LogP contribution in [-0.2, 0) is 23.3 Å². The van der Waals surface area contributed by atoms with E-state index in [1.165, 1.54) is 16.7 Å². The normalized spacial score (nSPS) is 28.2. The van der Waals surface area contributed by atoms with Crippen molar-refractivity contribution in [3.8, 4) is 5.75 Å². The topological polar surface area (TPSA) is 68.5 Å². The predicted molar refractivity (Wildman–Crippen MR) is 125 cm³/mol. The first-order valence-corrected chi connectivity index (χ1v) is 12.5. The molecular weight excluding hydrogens is 426 g/mol. The fourth-order valence-electron chi connectivity index (χ4n) is 6.94. The van der Waals surface area contributed by atoms with Crippen LogP contribution >= 0.6 is 0 Å². The summed E-state index contributed by atoms with van der Waals surface area (Å²) in [6.45, 7) is 1.43. The number of carbonyl (C=O) groups is 1. The summed E-state index contributed by atoms with van der Waals surface area (Å²) in [5.74, 6) is 3.46. The molecule has 1 amide bonds. The fraction of sp³-hybridized carbons (Fsp3) is 0.464. The molecule has 1 aliphatic heterocycles. The van der Waals surface area contributed by atoms with Crippen LogP contribution in [0.4, 0.5) is 0 Å². The van der Waals surface area contributed by atoms with Crippen LogP contribution in [0.5, 0.6) is 5.75 Å². The Labute approximate surface area is 199 Å². The lowest BCUT2D eigenvalue weighted by Gasteiger charge is -2.31. The maximum atomic E-state index is 13.8. The number of hydrogen-bond acceptors (Lipinski definition) is 5. The van der Waals surface area contributed by atoms with Crippen LogP contribution in [0.15, 0.2) is 53.1 Å². The van der Waals surface area contributed by atoms with Crippen molar-refractivity contribution in [3.05, 3.63) is 76.9 Å². The first-order valence-electron chi connectivity index (χ1n) is 12.5. The Bertz CT molecular complexity index is 1220. The molecule has 2 heterocycles. The predicted octanol–water partition coefficient (Wildman–Crippen LogP) is 4.83. The molecule has 0 unspecified atom stereocenters. The molecule has 0 N–H and O–H groups in total. The summed E-state index contributed by atoms with van der Waals surface area (Å²) in [6, 6.07) is 16.6. The van der Waals surface area contributed by atoms with Crippen molar-refractivity contribution in [2.45, 2.75) is 56.5 Å². The smallest absolute Gasteiger partial charge is 0.230 e. The minimum atomic E-state index is -0.165. The zero-order valence-corrected chi connectivity index (χ0v) is 19.4. The summed E-state index contributed by atoms with van der Waals surface area (Å²) in [5, 5.41) is 4.48. The quantitative estimate of drug-likeness (QED) is 0.551. The Morgan fingerprint density at radius 3 is 2.41 bits per heavy atom. The van der Waals surface area contributed by atoms with Gasteiger partial charge in [0.25, 0.3) is 0 Å². The third-order valence-electron chi connectivity index (χ3n) is 8.90. The van der Waals surface area contributed by atoms with E-state index in [0.29, 0.717) is 30.8 Å². The number of methoxy groups -OCH3 is 1. The van der Waals surface area contributed by atoms with Gasteiger partial charge in [0.15, 0.2) is 5.82 Å². The van der Waals surface area contributed by atoms with Crippen LogP contribution in [0.25, 0.3) is 0 Å². The molecule has 2 aromatic carbocycles. The van der Waals surface area contributed by atoms with Gasteiger partial charge in [-0.1, -0.05) is 41.6 Å². The van der Waals surface area contributed by atoms with Gasteiger partial charge in [-0.15, -0.1) is 0 Å². The van der Waals surface area contributed by atoms with E-state index in [1.54, 1.807) is 7.11 Å². The molecule has 0 spiro atoms. The van der Waals surface area contributed by atoms with Crippen LogP contribution in [-0.4, -0.2) is 28.1 Å². The molecule has 0 saturated heterocycles. The molecule has 4 atom stereocenters. The number of nitrogens with zero attached hydrogens (tertiary/aromatic N) is 3. The molecule has 6 heteroatoms. The second-order valence-electron chi connectivity index (χ2n) is 10.6. The molecule has 1 aromatic heterocycles. The summed E-state index contributed by atoms with van der Waals surface area (Å²) in [6.07, 6.45) is 5.42. The monoisotopic (exact) mass is 455 g/mol. The van der Waals surface area contributed by atoms with E-state index < -0.39 is 0 Å². The summed E-state index contributed by atoms with van der Waals surface area (Å²) in [7, 11) is 1.68. The first-order chi connectivity index (χ1) is 16.7. The summed E-state index contributed by atoms with van der Waals surface area (Å²) >= 11 is 0. The van der Waals surface area contributed by atoms with Crippen molar-refractivity contribution < 1.29 is 14.1 Å². The van der Waals surface area contributed by atoms with E-state index in [2.05, 4.69) is 41.6 Å². The van der Waals surface area contributed by atoms with E-state index in [9.17, 15) is 4.79 Å². The number of ether oxygens (including phenoxy) is 1. The highest BCUT2D eigenvalue weighted by molar-refractivity contribution is 5.81. The van der Waals surface area contributed by atoms with Crippen LogP contribution in [0.2, 0.25) is 0 Å². The van der Waals surface area contributed by atoms with E-state index in [-0.39, 0.29) is 23.2 Å². The molecule has 4 aliphatic rings. The molecule has 3 saturated carbocycles. The van der Waals surface area contributed by atoms with E-state index in [1.807, 2.05) is 17.0 Å². The Kier molecular flexibility index (Phi) is 4.42. The van der Waals surface area contributed by atoms with Gasteiger partial charge in [-0.25, -0.2) is 0 Å². The largest absolute Gasteiger partial charge is 0.497 e. The molecule has 34 heavy (non-hydrogen) atoms. The number of rotatable bonds is 5. The zero-order chi connectivity index (χ0) is 22.9. The number of amides is 1. The minimum absolute atomic E-state index is 0.0440. The Morgan fingerprint density at radius 2 is 1.74 bits per heavy atom. The average Bonchev–Trinajstić information content (AvgIpc) is 3.32. The third-order valence-corrected chi connectivity index (χ3v) is 8.90. The highest BCUT2D eigenvalue weighted by atomic mass is 16.5. The van der Waals surface area contributed by atoms with Crippen molar-refractivity contribution in [3.63, 3.8) is 0 Å². The van der Waals surface area contributed by atoms with Crippen LogP contribution < -0.4 is 4.74 Å². The third kappa shape index (κ3) is 2.97. The van der Waals surface area contributed by atoms with Gasteiger partial charge in [-0.05, 0) is 72.8 Å². The molecule has 174 valence electrons. The van der Waals surface area contributed by atoms with Gasteiger partial charge in [0.2, 0.25) is 11.8 Å². The molecule has 3 aliphatic carbocycles. The van der Waals surface area contributed by atoms with Crippen molar-refractivity contribution in [1.29, 1.82) is 0 Å². The summed E-state index contributed by atoms with van der Waals surface area (Å²) < 4.78 is 11.3. The lowest BCUT2D eigenvalue weighted by Crippen LogP contribution is -2.38. The zero-order valence-electron chi connectivity index (χ0n) is 19.4. The van der Waals surface area contributed by atoms with Gasteiger partial charge < -0.3 is 14.2 Å². The summed E-state index contributed by atoms with van der Waals surface area (Å²) in [4.78, 5) is 20.8. The maximum absolute atomic E-state index is 13.8.